The van der Waals surface area contributed by atoms with Crippen LogP contribution >= 0.6 is 0 Å². The number of aryl methyl sites for hydroxylation is 1. The Morgan fingerprint density at radius 1 is 1.04 bits per heavy atom. The van der Waals surface area contributed by atoms with E-state index in [1.807, 2.05) is 31.2 Å². The highest BCUT2D eigenvalue weighted by molar-refractivity contribution is 5.83. The molecule has 1 aliphatic rings. The lowest BCUT2D eigenvalue weighted by molar-refractivity contribution is 0.191. The molecule has 0 amide bonds. The van der Waals surface area contributed by atoms with E-state index >= 15 is 0 Å². The van der Waals surface area contributed by atoms with Crippen LogP contribution in [0.2, 0.25) is 0 Å². The van der Waals surface area contributed by atoms with Gasteiger partial charge in [0.1, 0.15) is 5.82 Å². The highest BCUT2D eigenvalue weighted by Gasteiger charge is 2.19. The van der Waals surface area contributed by atoms with Crippen LogP contribution in [0, 0.1) is 6.92 Å². The Labute approximate surface area is 145 Å². The molecule has 2 aromatic heterocycles. The van der Waals surface area contributed by atoms with Gasteiger partial charge in [-0.25, -0.2) is 9.67 Å². The average molecular weight is 336 g/mol. The minimum Gasteiger partial charge on any atom is -0.353 e. The molecule has 0 saturated carbocycles. The standard InChI is InChI=1S/C18H20N6O/c1-14-15-4-2-3-5-16(15)18(25)24(21-14)13-22-8-10-23(11-9-22)17-12-19-6-7-20-17/h2-7,12H,8-11,13H2,1H3. The minimum absolute atomic E-state index is 0.0300. The fraction of sp³-hybridized carbons (Fsp3) is 0.333. The van der Waals surface area contributed by atoms with Crippen molar-refractivity contribution < 1.29 is 0 Å². The Morgan fingerprint density at radius 2 is 1.80 bits per heavy atom. The number of rotatable bonds is 3. The summed E-state index contributed by atoms with van der Waals surface area (Å²) in [6.07, 6.45) is 5.18. The van der Waals surface area contributed by atoms with Gasteiger partial charge in [0.15, 0.2) is 0 Å². The summed E-state index contributed by atoms with van der Waals surface area (Å²) in [6.45, 7) is 5.90. The maximum absolute atomic E-state index is 12.7. The van der Waals surface area contributed by atoms with Crippen molar-refractivity contribution in [3.8, 4) is 0 Å². The maximum atomic E-state index is 12.7. The van der Waals surface area contributed by atoms with Gasteiger partial charge in [0.25, 0.3) is 5.56 Å². The molecule has 7 heteroatoms. The molecule has 0 aliphatic carbocycles. The first-order valence-corrected chi connectivity index (χ1v) is 8.42. The van der Waals surface area contributed by atoms with Crippen molar-refractivity contribution >= 4 is 16.6 Å². The van der Waals surface area contributed by atoms with Gasteiger partial charge in [-0.15, -0.1) is 0 Å². The van der Waals surface area contributed by atoms with Gasteiger partial charge < -0.3 is 4.90 Å². The second-order valence-corrected chi connectivity index (χ2v) is 6.25. The quantitative estimate of drug-likeness (QED) is 0.718. The number of anilines is 1. The third-order valence-electron chi connectivity index (χ3n) is 4.63. The van der Waals surface area contributed by atoms with Crippen LogP contribution in [-0.2, 0) is 6.67 Å². The first-order valence-electron chi connectivity index (χ1n) is 8.42. The average Bonchev–Trinajstić information content (AvgIpc) is 2.67. The fourth-order valence-electron chi connectivity index (χ4n) is 3.26. The van der Waals surface area contributed by atoms with Crippen LogP contribution in [0.4, 0.5) is 5.82 Å². The van der Waals surface area contributed by atoms with Crippen molar-refractivity contribution in [2.24, 2.45) is 0 Å². The molecule has 1 saturated heterocycles. The molecule has 3 aromatic rings. The molecular formula is C18H20N6O. The smallest absolute Gasteiger partial charge is 0.275 e. The van der Waals surface area contributed by atoms with Crippen molar-refractivity contribution in [2.75, 3.05) is 31.1 Å². The Balaban J connectivity index is 1.50. The van der Waals surface area contributed by atoms with Crippen LogP contribution in [0.15, 0.2) is 47.7 Å². The van der Waals surface area contributed by atoms with Gasteiger partial charge >= 0.3 is 0 Å². The van der Waals surface area contributed by atoms with E-state index < -0.39 is 0 Å². The molecule has 1 aromatic carbocycles. The summed E-state index contributed by atoms with van der Waals surface area (Å²) < 4.78 is 1.58. The summed E-state index contributed by atoms with van der Waals surface area (Å²) in [5.41, 5.74) is 0.853. The third kappa shape index (κ3) is 3.10. The summed E-state index contributed by atoms with van der Waals surface area (Å²) in [7, 11) is 0. The van der Waals surface area contributed by atoms with Gasteiger partial charge in [-0.05, 0) is 13.0 Å². The number of nitrogens with zero attached hydrogens (tertiary/aromatic N) is 6. The van der Waals surface area contributed by atoms with Crippen LogP contribution in [0.3, 0.4) is 0 Å². The van der Waals surface area contributed by atoms with E-state index in [1.54, 1.807) is 23.3 Å². The molecule has 7 nitrogen and oxygen atoms in total. The predicted molar refractivity (Wildman–Crippen MR) is 96.6 cm³/mol. The molecule has 0 spiro atoms. The van der Waals surface area contributed by atoms with Crippen molar-refractivity contribution in [3.63, 3.8) is 0 Å². The van der Waals surface area contributed by atoms with Crippen LogP contribution in [-0.4, -0.2) is 50.8 Å². The van der Waals surface area contributed by atoms with Gasteiger partial charge in [0, 0.05) is 44.0 Å². The Bertz CT molecular complexity index is 931. The van der Waals surface area contributed by atoms with Gasteiger partial charge in [-0.2, -0.15) is 5.10 Å². The predicted octanol–water partition coefficient (Wildman–Crippen LogP) is 1.27. The monoisotopic (exact) mass is 336 g/mol. The highest BCUT2D eigenvalue weighted by Crippen LogP contribution is 2.14. The third-order valence-corrected chi connectivity index (χ3v) is 4.63. The molecule has 0 N–H and O–H groups in total. The lowest BCUT2D eigenvalue weighted by Gasteiger charge is -2.35. The minimum atomic E-state index is -0.0300. The second-order valence-electron chi connectivity index (χ2n) is 6.25. The molecule has 0 radical (unpaired) electrons. The van der Waals surface area contributed by atoms with E-state index in [9.17, 15) is 4.79 Å². The van der Waals surface area contributed by atoms with E-state index in [-0.39, 0.29) is 5.56 Å². The summed E-state index contributed by atoms with van der Waals surface area (Å²) >= 11 is 0. The number of aromatic nitrogens is 4. The van der Waals surface area contributed by atoms with Crippen molar-refractivity contribution in [1.29, 1.82) is 0 Å². The zero-order valence-corrected chi connectivity index (χ0v) is 14.2. The Morgan fingerprint density at radius 3 is 2.52 bits per heavy atom. The molecule has 1 fully saturated rings. The Kier molecular flexibility index (Phi) is 4.15. The van der Waals surface area contributed by atoms with Crippen LogP contribution in [0.5, 0.6) is 0 Å². The number of benzene rings is 1. The maximum Gasteiger partial charge on any atom is 0.275 e. The molecular weight excluding hydrogens is 316 g/mol. The molecule has 0 bridgehead atoms. The summed E-state index contributed by atoms with van der Waals surface area (Å²) in [4.78, 5) is 25.6. The van der Waals surface area contributed by atoms with Gasteiger partial charge in [0.05, 0.1) is 23.9 Å². The molecule has 128 valence electrons. The van der Waals surface area contributed by atoms with E-state index in [4.69, 9.17) is 0 Å². The molecule has 0 atom stereocenters. The summed E-state index contributed by atoms with van der Waals surface area (Å²) in [5, 5.41) is 6.16. The van der Waals surface area contributed by atoms with Crippen molar-refractivity contribution in [2.45, 2.75) is 13.6 Å². The number of hydrogen-bond acceptors (Lipinski definition) is 6. The van der Waals surface area contributed by atoms with E-state index in [0.717, 1.165) is 48.5 Å². The molecule has 25 heavy (non-hydrogen) atoms. The topological polar surface area (TPSA) is 67.2 Å². The number of piperazine rings is 1. The fourth-order valence-corrected chi connectivity index (χ4v) is 3.26. The van der Waals surface area contributed by atoms with Gasteiger partial charge in [-0.3, -0.25) is 14.7 Å². The van der Waals surface area contributed by atoms with E-state index in [1.165, 1.54) is 0 Å². The first kappa shape index (κ1) is 15.7. The summed E-state index contributed by atoms with van der Waals surface area (Å²) in [5.74, 6) is 0.902. The van der Waals surface area contributed by atoms with E-state index in [2.05, 4.69) is 24.9 Å². The zero-order chi connectivity index (χ0) is 17.2. The van der Waals surface area contributed by atoms with Crippen molar-refractivity contribution in [3.05, 3.63) is 58.9 Å². The molecule has 0 unspecified atom stereocenters. The number of hydrogen-bond donors (Lipinski definition) is 0. The Hall–Kier alpha value is -2.80. The normalized spacial score (nSPS) is 15.6. The van der Waals surface area contributed by atoms with Crippen molar-refractivity contribution in [1.82, 2.24) is 24.6 Å². The lowest BCUT2D eigenvalue weighted by atomic mass is 10.1. The SMILES string of the molecule is Cc1nn(CN2CCN(c3cnccn3)CC2)c(=O)c2ccccc12. The molecule has 3 heterocycles. The van der Waals surface area contributed by atoms with Gasteiger partial charge in [-0.1, -0.05) is 18.2 Å². The number of fused-ring (bicyclic) bond motifs is 1. The van der Waals surface area contributed by atoms with E-state index in [0.29, 0.717) is 6.67 Å². The second kappa shape index (κ2) is 6.60. The largest absolute Gasteiger partial charge is 0.353 e. The first-order chi connectivity index (χ1) is 12.2. The summed E-state index contributed by atoms with van der Waals surface area (Å²) in [6, 6.07) is 7.65. The zero-order valence-electron chi connectivity index (χ0n) is 14.2. The molecule has 4 rings (SSSR count). The van der Waals surface area contributed by atoms with Crippen LogP contribution in [0.1, 0.15) is 5.69 Å². The van der Waals surface area contributed by atoms with Gasteiger partial charge in [0.2, 0.25) is 0 Å². The van der Waals surface area contributed by atoms with Crippen LogP contribution in [0.25, 0.3) is 10.8 Å². The highest BCUT2D eigenvalue weighted by atomic mass is 16.1. The lowest BCUT2D eigenvalue weighted by Crippen LogP contribution is -2.48. The van der Waals surface area contributed by atoms with Crippen LogP contribution < -0.4 is 10.5 Å². The molecule has 1 aliphatic heterocycles.